The highest BCUT2D eigenvalue weighted by Crippen LogP contribution is 2.21. The molecule has 0 amide bonds. The van der Waals surface area contributed by atoms with E-state index in [1.54, 1.807) is 0 Å². The zero-order valence-electron chi connectivity index (χ0n) is 10.1. The summed E-state index contributed by atoms with van der Waals surface area (Å²) in [7, 11) is 0. The van der Waals surface area contributed by atoms with Gasteiger partial charge in [0.05, 0.1) is 5.01 Å². The summed E-state index contributed by atoms with van der Waals surface area (Å²) in [5.41, 5.74) is 0.669. The molecule has 7 heteroatoms. The van der Waals surface area contributed by atoms with E-state index in [9.17, 15) is 4.79 Å². The highest BCUT2D eigenvalue weighted by Gasteiger charge is 2.15. The molecule has 18 heavy (non-hydrogen) atoms. The van der Waals surface area contributed by atoms with E-state index in [1.807, 2.05) is 19.2 Å². The number of carboxylic acids is 1. The fourth-order valence-corrected chi connectivity index (χ4v) is 2.16. The predicted octanol–water partition coefficient (Wildman–Crippen LogP) is 2.15. The Morgan fingerprint density at radius 1 is 1.56 bits per heavy atom. The number of carboxylic acid groups (broad SMARTS) is 1. The third kappa shape index (κ3) is 3.13. The number of nitrogens with zero attached hydrogens (tertiary/aromatic N) is 3. The molecule has 0 saturated carbocycles. The summed E-state index contributed by atoms with van der Waals surface area (Å²) in [4.78, 5) is 14.8. The molecule has 0 bridgehead atoms. The first-order chi connectivity index (χ1) is 8.54. The second-order valence-corrected chi connectivity index (χ2v) is 5.22. The van der Waals surface area contributed by atoms with Gasteiger partial charge < -0.3 is 9.52 Å². The van der Waals surface area contributed by atoms with Crippen molar-refractivity contribution in [1.82, 2.24) is 15.2 Å². The molecule has 0 aromatic carbocycles. The zero-order valence-corrected chi connectivity index (χ0v) is 10.9. The lowest BCUT2D eigenvalue weighted by Gasteiger charge is -2.03. The molecule has 6 nitrogen and oxygen atoms in total. The van der Waals surface area contributed by atoms with E-state index < -0.39 is 5.97 Å². The summed E-state index contributed by atoms with van der Waals surface area (Å²) in [5, 5.41) is 19.3. The minimum Gasteiger partial charge on any atom is -0.481 e. The Hall–Kier alpha value is -1.76. The van der Waals surface area contributed by atoms with Crippen LogP contribution in [0.4, 0.5) is 0 Å². The van der Waals surface area contributed by atoms with Crippen molar-refractivity contribution < 1.29 is 14.3 Å². The van der Waals surface area contributed by atoms with Gasteiger partial charge in [-0.25, -0.2) is 4.98 Å². The van der Waals surface area contributed by atoms with Gasteiger partial charge in [0.15, 0.2) is 0 Å². The van der Waals surface area contributed by atoms with Crippen LogP contribution >= 0.6 is 11.3 Å². The number of hydrogen-bond donors (Lipinski definition) is 1. The number of aromatic nitrogens is 3. The molecular formula is C11H13N3O3S. The molecule has 0 aliphatic rings. The highest BCUT2D eigenvalue weighted by atomic mass is 32.1. The number of hydrogen-bond acceptors (Lipinski definition) is 6. The van der Waals surface area contributed by atoms with E-state index in [-0.39, 0.29) is 12.3 Å². The van der Waals surface area contributed by atoms with Gasteiger partial charge >= 0.3 is 5.97 Å². The Morgan fingerprint density at radius 2 is 2.33 bits per heavy atom. The van der Waals surface area contributed by atoms with Crippen molar-refractivity contribution in [3.8, 4) is 11.6 Å². The number of carbonyl (C=O) groups is 1. The van der Waals surface area contributed by atoms with E-state index in [1.165, 1.54) is 11.3 Å². The predicted molar refractivity (Wildman–Crippen MR) is 65.3 cm³/mol. The molecule has 0 aliphatic carbocycles. The fourth-order valence-electron chi connectivity index (χ4n) is 1.57. The maximum Gasteiger partial charge on any atom is 0.303 e. The third-order valence-electron chi connectivity index (χ3n) is 2.35. The fraction of sp³-hybridized carbons (Fsp3) is 0.455. The standard InChI is InChI=1S/C11H13N3O3S/c1-6(4-10(15)16)3-9-13-14-11(17-9)8-5-18-7(2)12-8/h5-6H,3-4H2,1-2H3,(H,15,16). The average molecular weight is 267 g/mol. The summed E-state index contributed by atoms with van der Waals surface area (Å²) in [5.74, 6) is -0.0217. The molecule has 0 aliphatic heterocycles. The first-order valence-electron chi connectivity index (χ1n) is 5.51. The summed E-state index contributed by atoms with van der Waals surface area (Å²) < 4.78 is 5.46. The maximum absolute atomic E-state index is 10.6. The second kappa shape index (κ2) is 5.26. The molecule has 0 fully saturated rings. The second-order valence-electron chi connectivity index (χ2n) is 4.16. The Kier molecular flexibility index (Phi) is 3.71. The topological polar surface area (TPSA) is 89.1 Å². The normalized spacial score (nSPS) is 12.6. The SMILES string of the molecule is Cc1nc(-c2nnc(CC(C)CC(=O)O)o2)cs1. The van der Waals surface area contributed by atoms with Crippen LogP contribution in [0.15, 0.2) is 9.80 Å². The number of thiazole rings is 1. The van der Waals surface area contributed by atoms with Crippen LogP contribution in [0.2, 0.25) is 0 Å². The molecule has 0 saturated heterocycles. The van der Waals surface area contributed by atoms with E-state index >= 15 is 0 Å². The molecule has 2 aromatic heterocycles. The Balaban J connectivity index is 2.04. The van der Waals surface area contributed by atoms with Crippen molar-refractivity contribution in [3.63, 3.8) is 0 Å². The van der Waals surface area contributed by atoms with Gasteiger partial charge in [0, 0.05) is 18.2 Å². The minimum atomic E-state index is -0.822. The van der Waals surface area contributed by atoms with Gasteiger partial charge in [-0.05, 0) is 12.8 Å². The van der Waals surface area contributed by atoms with Crippen LogP contribution in [0.25, 0.3) is 11.6 Å². The quantitative estimate of drug-likeness (QED) is 0.892. The van der Waals surface area contributed by atoms with Crippen molar-refractivity contribution in [2.75, 3.05) is 0 Å². The number of aliphatic carboxylic acids is 1. The van der Waals surface area contributed by atoms with Gasteiger partial charge in [-0.1, -0.05) is 6.92 Å². The van der Waals surface area contributed by atoms with Crippen LogP contribution in [0, 0.1) is 12.8 Å². The lowest BCUT2D eigenvalue weighted by Crippen LogP contribution is -2.07. The first-order valence-corrected chi connectivity index (χ1v) is 6.39. The summed E-state index contributed by atoms with van der Waals surface area (Å²) >= 11 is 1.51. The first kappa shape index (κ1) is 12.7. The van der Waals surface area contributed by atoms with E-state index in [2.05, 4.69) is 15.2 Å². The van der Waals surface area contributed by atoms with Gasteiger partial charge in [-0.15, -0.1) is 21.5 Å². The summed E-state index contributed by atoms with van der Waals surface area (Å²) in [6.07, 6.45) is 0.552. The monoisotopic (exact) mass is 267 g/mol. The van der Waals surface area contributed by atoms with Gasteiger partial charge in [0.25, 0.3) is 5.89 Å². The van der Waals surface area contributed by atoms with E-state index in [4.69, 9.17) is 9.52 Å². The maximum atomic E-state index is 10.6. The molecule has 2 heterocycles. The average Bonchev–Trinajstić information content (AvgIpc) is 2.85. The number of rotatable bonds is 5. The molecule has 2 rings (SSSR count). The van der Waals surface area contributed by atoms with Crippen molar-refractivity contribution in [2.45, 2.75) is 26.7 Å². The van der Waals surface area contributed by atoms with Crippen LogP contribution in [0.5, 0.6) is 0 Å². The smallest absolute Gasteiger partial charge is 0.303 e. The Labute approximate surface area is 108 Å². The highest BCUT2D eigenvalue weighted by molar-refractivity contribution is 7.09. The molecular weight excluding hydrogens is 254 g/mol. The van der Waals surface area contributed by atoms with Crippen molar-refractivity contribution in [2.24, 2.45) is 5.92 Å². The van der Waals surface area contributed by atoms with Gasteiger partial charge in [0.2, 0.25) is 5.89 Å². The number of aryl methyl sites for hydroxylation is 1. The lowest BCUT2D eigenvalue weighted by molar-refractivity contribution is -0.137. The Bertz CT molecular complexity index is 549. The minimum absolute atomic E-state index is 0.0343. The van der Waals surface area contributed by atoms with Crippen LogP contribution in [0.1, 0.15) is 24.2 Å². The van der Waals surface area contributed by atoms with E-state index in [0.29, 0.717) is 23.9 Å². The lowest BCUT2D eigenvalue weighted by atomic mass is 10.0. The zero-order chi connectivity index (χ0) is 13.1. The van der Waals surface area contributed by atoms with Crippen LogP contribution in [0.3, 0.4) is 0 Å². The van der Waals surface area contributed by atoms with Gasteiger partial charge in [-0.3, -0.25) is 4.79 Å². The van der Waals surface area contributed by atoms with Crippen LogP contribution < -0.4 is 0 Å². The van der Waals surface area contributed by atoms with Crippen LogP contribution in [-0.2, 0) is 11.2 Å². The van der Waals surface area contributed by atoms with Gasteiger partial charge in [0.1, 0.15) is 5.69 Å². The Morgan fingerprint density at radius 3 is 2.94 bits per heavy atom. The van der Waals surface area contributed by atoms with Crippen LogP contribution in [-0.4, -0.2) is 26.3 Å². The van der Waals surface area contributed by atoms with Crippen molar-refractivity contribution >= 4 is 17.3 Å². The van der Waals surface area contributed by atoms with Gasteiger partial charge in [-0.2, -0.15) is 0 Å². The largest absolute Gasteiger partial charge is 0.481 e. The molecule has 1 N–H and O–H groups in total. The third-order valence-corrected chi connectivity index (χ3v) is 3.12. The molecule has 0 spiro atoms. The summed E-state index contributed by atoms with van der Waals surface area (Å²) in [6, 6.07) is 0. The molecule has 96 valence electrons. The molecule has 0 radical (unpaired) electrons. The van der Waals surface area contributed by atoms with E-state index in [0.717, 1.165) is 5.01 Å². The van der Waals surface area contributed by atoms with Crippen molar-refractivity contribution in [1.29, 1.82) is 0 Å². The molecule has 1 unspecified atom stereocenters. The van der Waals surface area contributed by atoms with Crippen molar-refractivity contribution in [3.05, 3.63) is 16.3 Å². The molecule has 2 aromatic rings. The summed E-state index contributed by atoms with van der Waals surface area (Å²) in [6.45, 7) is 3.74. The molecule has 1 atom stereocenters.